The van der Waals surface area contributed by atoms with Gasteiger partial charge in [0.05, 0.1) is 0 Å². The second-order valence-electron chi connectivity index (χ2n) is 4.57. The van der Waals surface area contributed by atoms with Gasteiger partial charge in [-0.1, -0.05) is 39.7 Å². The lowest BCUT2D eigenvalue weighted by atomic mass is 9.91. The van der Waals surface area contributed by atoms with E-state index in [2.05, 4.69) is 43.3 Å². The van der Waals surface area contributed by atoms with Crippen LogP contribution in [0.4, 0.5) is 0 Å². The Bertz CT molecular complexity index is 304. The maximum absolute atomic E-state index is 5.65. The van der Waals surface area contributed by atoms with Crippen molar-refractivity contribution < 1.29 is 0 Å². The Kier molecular flexibility index (Phi) is 6.16. The number of nitrogens with zero attached hydrogens (tertiary/aromatic N) is 1. The van der Waals surface area contributed by atoms with E-state index in [0.29, 0.717) is 12.0 Å². The zero-order chi connectivity index (χ0) is 12.7. The van der Waals surface area contributed by atoms with Crippen LogP contribution in [0.3, 0.4) is 0 Å². The van der Waals surface area contributed by atoms with Crippen molar-refractivity contribution in [3.05, 3.63) is 29.6 Å². The zero-order valence-electron chi connectivity index (χ0n) is 11.2. The molecule has 3 heteroatoms. The lowest BCUT2D eigenvalue weighted by Gasteiger charge is -2.24. The summed E-state index contributed by atoms with van der Waals surface area (Å²) < 4.78 is 0. The maximum Gasteiger partial charge on any atom is 0.0419 e. The summed E-state index contributed by atoms with van der Waals surface area (Å²) in [6.07, 6.45) is 6.22. The van der Waals surface area contributed by atoms with Gasteiger partial charge in [-0.05, 0) is 24.0 Å². The number of rotatable bonds is 7. The largest absolute Gasteiger partial charge is 0.271 e. The van der Waals surface area contributed by atoms with Crippen molar-refractivity contribution in [2.75, 3.05) is 0 Å². The monoisotopic (exact) mass is 235 g/mol. The fourth-order valence-electron chi connectivity index (χ4n) is 2.23. The Balaban J connectivity index is 2.66. The molecule has 1 rings (SSSR count). The van der Waals surface area contributed by atoms with Crippen molar-refractivity contribution >= 4 is 0 Å². The minimum Gasteiger partial charge on any atom is -0.271 e. The van der Waals surface area contributed by atoms with Crippen LogP contribution in [0.2, 0.25) is 0 Å². The first-order valence-corrected chi connectivity index (χ1v) is 6.65. The molecule has 1 aromatic rings. The lowest BCUT2D eigenvalue weighted by molar-refractivity contribution is 0.333. The Hall–Kier alpha value is -0.930. The van der Waals surface area contributed by atoms with E-state index in [4.69, 9.17) is 5.84 Å². The number of nitrogens with two attached hydrogens (primary N) is 1. The van der Waals surface area contributed by atoms with Gasteiger partial charge in [-0.2, -0.15) is 0 Å². The van der Waals surface area contributed by atoms with Crippen molar-refractivity contribution in [3.63, 3.8) is 0 Å². The van der Waals surface area contributed by atoms with Crippen LogP contribution in [-0.4, -0.2) is 11.0 Å². The fourth-order valence-corrected chi connectivity index (χ4v) is 2.23. The average Bonchev–Trinajstić information content (AvgIpc) is 2.39. The van der Waals surface area contributed by atoms with Crippen LogP contribution in [0.15, 0.2) is 18.3 Å². The fraction of sp³-hybridized carbons (Fsp3) is 0.643. The predicted molar refractivity (Wildman–Crippen MR) is 72.5 cm³/mol. The number of hydrogen-bond donors (Lipinski definition) is 2. The first kappa shape index (κ1) is 14.1. The first-order chi connectivity index (χ1) is 8.24. The van der Waals surface area contributed by atoms with Crippen LogP contribution in [0.5, 0.6) is 0 Å². The molecule has 0 saturated carbocycles. The molecule has 96 valence electrons. The predicted octanol–water partition coefficient (Wildman–Crippen LogP) is 2.45. The van der Waals surface area contributed by atoms with E-state index in [9.17, 15) is 0 Å². The van der Waals surface area contributed by atoms with Gasteiger partial charge in [0, 0.05) is 24.4 Å². The molecule has 3 N–H and O–H groups in total. The molecule has 0 aliphatic rings. The first-order valence-electron chi connectivity index (χ1n) is 6.65. The topological polar surface area (TPSA) is 50.9 Å². The zero-order valence-corrected chi connectivity index (χ0v) is 11.2. The van der Waals surface area contributed by atoms with E-state index in [0.717, 1.165) is 31.4 Å². The molecule has 17 heavy (non-hydrogen) atoms. The van der Waals surface area contributed by atoms with Crippen molar-refractivity contribution in [3.8, 4) is 0 Å². The Morgan fingerprint density at radius 3 is 2.35 bits per heavy atom. The minimum atomic E-state index is 0.324. The number of nitrogens with one attached hydrogen (secondary N) is 1. The molecule has 0 bridgehead atoms. The van der Waals surface area contributed by atoms with Crippen LogP contribution in [-0.2, 0) is 12.8 Å². The summed E-state index contributed by atoms with van der Waals surface area (Å²) in [7, 11) is 0. The highest BCUT2D eigenvalue weighted by Gasteiger charge is 2.17. The minimum absolute atomic E-state index is 0.324. The summed E-state index contributed by atoms with van der Waals surface area (Å²) in [5, 5.41) is 0. The smallest absolute Gasteiger partial charge is 0.0419 e. The van der Waals surface area contributed by atoms with Crippen LogP contribution in [0.25, 0.3) is 0 Å². The van der Waals surface area contributed by atoms with Crippen LogP contribution in [0, 0.1) is 5.92 Å². The summed E-state index contributed by atoms with van der Waals surface area (Å²) in [6, 6.07) is 4.60. The number of hydrogen-bond acceptors (Lipinski definition) is 3. The second kappa shape index (κ2) is 7.41. The van der Waals surface area contributed by atoms with Gasteiger partial charge in [-0.15, -0.1) is 0 Å². The molecule has 3 nitrogen and oxygen atoms in total. The number of aromatic nitrogens is 1. The molecule has 0 spiro atoms. The Morgan fingerprint density at radius 2 is 1.94 bits per heavy atom. The van der Waals surface area contributed by atoms with Gasteiger partial charge in [-0.3, -0.25) is 16.3 Å². The Labute approximate surface area is 105 Å². The molecule has 0 saturated heterocycles. The van der Waals surface area contributed by atoms with E-state index in [1.165, 1.54) is 5.56 Å². The lowest BCUT2D eigenvalue weighted by Crippen LogP contribution is -2.42. The highest BCUT2D eigenvalue weighted by atomic mass is 15.2. The molecule has 1 atom stereocenters. The molecule has 1 heterocycles. The summed E-state index contributed by atoms with van der Waals surface area (Å²) >= 11 is 0. The average molecular weight is 235 g/mol. The van der Waals surface area contributed by atoms with Crippen LogP contribution in [0.1, 0.15) is 44.9 Å². The SMILES string of the molecule is CCc1ccc(CC(NN)C(CC)CC)nc1. The molecule has 0 aromatic carbocycles. The quantitative estimate of drug-likeness (QED) is 0.564. The second-order valence-corrected chi connectivity index (χ2v) is 4.57. The molecular weight excluding hydrogens is 210 g/mol. The number of aryl methyl sites for hydroxylation is 1. The number of hydrazine groups is 1. The van der Waals surface area contributed by atoms with E-state index in [-0.39, 0.29) is 0 Å². The molecular formula is C14H25N3. The van der Waals surface area contributed by atoms with Crippen molar-refractivity contribution in [1.29, 1.82) is 0 Å². The van der Waals surface area contributed by atoms with E-state index in [1.54, 1.807) is 0 Å². The molecule has 1 aromatic heterocycles. The van der Waals surface area contributed by atoms with Crippen molar-refractivity contribution in [2.24, 2.45) is 11.8 Å². The van der Waals surface area contributed by atoms with E-state index in [1.807, 2.05) is 6.20 Å². The van der Waals surface area contributed by atoms with Crippen molar-refractivity contribution in [2.45, 2.75) is 52.5 Å². The van der Waals surface area contributed by atoms with Crippen LogP contribution < -0.4 is 11.3 Å². The summed E-state index contributed by atoms with van der Waals surface area (Å²) in [6.45, 7) is 6.57. The van der Waals surface area contributed by atoms with E-state index >= 15 is 0 Å². The van der Waals surface area contributed by atoms with Gasteiger partial charge in [0.2, 0.25) is 0 Å². The molecule has 0 fully saturated rings. The molecule has 0 amide bonds. The number of pyridine rings is 1. The highest BCUT2D eigenvalue weighted by Crippen LogP contribution is 2.16. The van der Waals surface area contributed by atoms with Crippen molar-refractivity contribution in [1.82, 2.24) is 10.4 Å². The summed E-state index contributed by atoms with van der Waals surface area (Å²) in [5.41, 5.74) is 5.35. The van der Waals surface area contributed by atoms with Gasteiger partial charge in [0.1, 0.15) is 0 Å². The third-order valence-electron chi connectivity index (χ3n) is 3.56. The van der Waals surface area contributed by atoms with E-state index < -0.39 is 0 Å². The maximum atomic E-state index is 5.65. The van der Waals surface area contributed by atoms with Crippen LogP contribution >= 0.6 is 0 Å². The summed E-state index contributed by atoms with van der Waals surface area (Å²) in [5.74, 6) is 6.27. The van der Waals surface area contributed by atoms with Gasteiger partial charge in [0.25, 0.3) is 0 Å². The third-order valence-corrected chi connectivity index (χ3v) is 3.56. The van der Waals surface area contributed by atoms with Gasteiger partial charge in [-0.25, -0.2) is 0 Å². The van der Waals surface area contributed by atoms with Gasteiger partial charge < -0.3 is 0 Å². The molecule has 0 radical (unpaired) electrons. The summed E-state index contributed by atoms with van der Waals surface area (Å²) in [4.78, 5) is 4.49. The highest BCUT2D eigenvalue weighted by molar-refractivity contribution is 5.14. The van der Waals surface area contributed by atoms with Gasteiger partial charge >= 0.3 is 0 Å². The standard InChI is InChI=1S/C14H25N3/c1-4-11-7-8-13(16-10-11)9-14(17-15)12(5-2)6-3/h7-8,10,12,14,17H,4-6,9,15H2,1-3H3. The third kappa shape index (κ3) is 4.10. The molecule has 0 aliphatic heterocycles. The molecule has 1 unspecified atom stereocenters. The normalized spacial score (nSPS) is 13.0. The van der Waals surface area contributed by atoms with Gasteiger partial charge in [0.15, 0.2) is 0 Å². The Morgan fingerprint density at radius 1 is 1.24 bits per heavy atom. The molecule has 0 aliphatic carbocycles.